The van der Waals surface area contributed by atoms with E-state index >= 15 is 0 Å². The van der Waals surface area contributed by atoms with Crippen LogP contribution >= 0.6 is 0 Å². The lowest BCUT2D eigenvalue weighted by atomic mass is 9.98. The summed E-state index contributed by atoms with van der Waals surface area (Å²) >= 11 is 0. The SMILES string of the molecule is c1ccc(-c2cccc(-c3ccc4oc5ccc(-n6c7ccccc7c7cc(-c8nc(-c9ccccc9)nc(-c9ccccc9)n8)ccc76)cc5c4c3)c2)cc1. The molecule has 0 bridgehead atoms. The molecule has 0 N–H and O–H groups in total. The van der Waals surface area contributed by atoms with Crippen LogP contribution in [-0.4, -0.2) is 19.5 Å². The van der Waals surface area contributed by atoms with E-state index in [-0.39, 0.29) is 0 Å². The summed E-state index contributed by atoms with van der Waals surface area (Å²) in [5.74, 6) is 1.92. The molecule has 11 rings (SSSR count). The molecule has 56 heavy (non-hydrogen) atoms. The van der Waals surface area contributed by atoms with E-state index in [9.17, 15) is 0 Å². The molecule has 0 radical (unpaired) electrons. The minimum absolute atomic E-state index is 0.632. The zero-order valence-electron chi connectivity index (χ0n) is 30.2. The maximum Gasteiger partial charge on any atom is 0.164 e. The van der Waals surface area contributed by atoms with Gasteiger partial charge in [-0.2, -0.15) is 0 Å². The van der Waals surface area contributed by atoms with Gasteiger partial charge >= 0.3 is 0 Å². The van der Waals surface area contributed by atoms with Crippen LogP contribution in [0.2, 0.25) is 0 Å². The Morgan fingerprint density at radius 2 is 0.786 bits per heavy atom. The number of rotatable bonds is 6. The number of furan rings is 1. The van der Waals surface area contributed by atoms with Crippen LogP contribution in [0.1, 0.15) is 0 Å². The Morgan fingerprint density at radius 3 is 1.48 bits per heavy atom. The first kappa shape index (κ1) is 31.9. The van der Waals surface area contributed by atoms with Crippen molar-refractivity contribution in [1.82, 2.24) is 19.5 Å². The van der Waals surface area contributed by atoms with Gasteiger partial charge in [-0.1, -0.05) is 133 Å². The minimum atomic E-state index is 0.632. The Kier molecular flexibility index (Phi) is 7.42. The Balaban J connectivity index is 1.05. The van der Waals surface area contributed by atoms with Gasteiger partial charge in [0.05, 0.1) is 11.0 Å². The van der Waals surface area contributed by atoms with Crippen molar-refractivity contribution in [3.05, 3.63) is 194 Å². The molecule has 3 aromatic heterocycles. The van der Waals surface area contributed by atoms with Crippen molar-refractivity contribution in [1.29, 1.82) is 0 Å². The maximum absolute atomic E-state index is 6.40. The second-order valence-corrected chi connectivity index (χ2v) is 14.1. The van der Waals surface area contributed by atoms with Crippen LogP contribution in [0.3, 0.4) is 0 Å². The summed E-state index contributed by atoms with van der Waals surface area (Å²) in [6.07, 6.45) is 0. The molecule has 0 unspecified atom stereocenters. The lowest BCUT2D eigenvalue weighted by Crippen LogP contribution is -2.00. The van der Waals surface area contributed by atoms with E-state index in [4.69, 9.17) is 19.4 Å². The normalized spacial score (nSPS) is 11.6. The van der Waals surface area contributed by atoms with E-state index in [1.165, 1.54) is 16.7 Å². The number of hydrogen-bond acceptors (Lipinski definition) is 4. The van der Waals surface area contributed by atoms with Gasteiger partial charge in [0.1, 0.15) is 11.2 Å². The molecule has 0 aliphatic rings. The first-order valence-corrected chi connectivity index (χ1v) is 18.8. The van der Waals surface area contributed by atoms with Crippen molar-refractivity contribution >= 4 is 43.7 Å². The summed E-state index contributed by atoms with van der Waals surface area (Å²) in [5.41, 5.74) is 12.5. The van der Waals surface area contributed by atoms with Gasteiger partial charge in [-0.15, -0.1) is 0 Å². The number of para-hydroxylation sites is 1. The quantitative estimate of drug-likeness (QED) is 0.172. The van der Waals surface area contributed by atoms with E-state index < -0.39 is 0 Å². The highest BCUT2D eigenvalue weighted by molar-refractivity contribution is 6.11. The number of nitrogens with zero attached hydrogens (tertiary/aromatic N) is 4. The van der Waals surface area contributed by atoms with E-state index in [2.05, 4.69) is 138 Å². The van der Waals surface area contributed by atoms with Gasteiger partial charge in [-0.3, -0.25) is 0 Å². The summed E-state index contributed by atoms with van der Waals surface area (Å²) in [5, 5.41) is 4.44. The molecule has 0 aliphatic carbocycles. The van der Waals surface area contributed by atoms with Crippen molar-refractivity contribution < 1.29 is 4.42 Å². The maximum atomic E-state index is 6.40. The summed E-state index contributed by atoms with van der Waals surface area (Å²) < 4.78 is 8.75. The first-order chi connectivity index (χ1) is 27.7. The van der Waals surface area contributed by atoms with Crippen molar-refractivity contribution in [2.45, 2.75) is 0 Å². The number of benzene rings is 8. The number of hydrogen-bond donors (Lipinski definition) is 0. The van der Waals surface area contributed by atoms with Crippen LogP contribution in [-0.2, 0) is 0 Å². The molecule has 0 saturated heterocycles. The third-order valence-electron chi connectivity index (χ3n) is 10.6. The van der Waals surface area contributed by atoms with Crippen LogP contribution in [0.5, 0.6) is 0 Å². The van der Waals surface area contributed by atoms with Crippen molar-refractivity contribution in [3.8, 4) is 62.1 Å². The average Bonchev–Trinajstić information content (AvgIpc) is 3.81. The molecule has 0 atom stereocenters. The van der Waals surface area contributed by atoms with Crippen LogP contribution in [0.4, 0.5) is 0 Å². The van der Waals surface area contributed by atoms with Crippen LogP contribution < -0.4 is 0 Å². The smallest absolute Gasteiger partial charge is 0.164 e. The second kappa shape index (κ2) is 13.0. The lowest BCUT2D eigenvalue weighted by Gasteiger charge is -2.10. The predicted molar refractivity (Wildman–Crippen MR) is 229 cm³/mol. The highest BCUT2D eigenvalue weighted by Crippen LogP contribution is 2.38. The molecule has 5 heteroatoms. The van der Waals surface area contributed by atoms with Gasteiger partial charge < -0.3 is 8.98 Å². The standard InChI is InChI=1S/C51H32N4O/c1-4-13-33(14-5-1)36-19-12-20-37(29-36)38-24-27-47-43(30-38)44-32-40(25-28-48(44)56-47)55-45-22-11-10-21-41(45)42-31-39(23-26-46(42)55)51-53-49(34-15-6-2-7-16-34)52-50(54-51)35-17-8-3-9-18-35/h1-32H. The van der Waals surface area contributed by atoms with Crippen molar-refractivity contribution in [3.63, 3.8) is 0 Å². The average molecular weight is 717 g/mol. The van der Waals surface area contributed by atoms with Gasteiger partial charge in [0.25, 0.3) is 0 Å². The highest BCUT2D eigenvalue weighted by Gasteiger charge is 2.18. The summed E-state index contributed by atoms with van der Waals surface area (Å²) in [4.78, 5) is 14.9. The molecule has 0 saturated carbocycles. The molecule has 0 aliphatic heterocycles. The zero-order valence-corrected chi connectivity index (χ0v) is 30.2. The first-order valence-electron chi connectivity index (χ1n) is 18.8. The molecule has 262 valence electrons. The topological polar surface area (TPSA) is 56.7 Å². The fourth-order valence-electron chi connectivity index (χ4n) is 7.92. The monoisotopic (exact) mass is 716 g/mol. The van der Waals surface area contributed by atoms with Crippen molar-refractivity contribution in [2.75, 3.05) is 0 Å². The molecule has 8 aromatic carbocycles. The summed E-state index contributed by atoms with van der Waals surface area (Å²) in [6, 6.07) is 67.6. The van der Waals surface area contributed by atoms with Gasteiger partial charge in [0.2, 0.25) is 0 Å². The molecule has 5 nitrogen and oxygen atoms in total. The summed E-state index contributed by atoms with van der Waals surface area (Å²) in [6.45, 7) is 0. The molecular weight excluding hydrogens is 685 g/mol. The lowest BCUT2D eigenvalue weighted by molar-refractivity contribution is 0.669. The third-order valence-corrected chi connectivity index (χ3v) is 10.6. The van der Waals surface area contributed by atoms with E-state index in [1.54, 1.807) is 0 Å². The fourth-order valence-corrected chi connectivity index (χ4v) is 7.92. The second-order valence-electron chi connectivity index (χ2n) is 14.1. The zero-order chi connectivity index (χ0) is 37.0. The highest BCUT2D eigenvalue weighted by atomic mass is 16.3. The summed E-state index contributed by atoms with van der Waals surface area (Å²) in [7, 11) is 0. The Labute approximate surface area is 322 Å². The van der Waals surface area contributed by atoms with Crippen LogP contribution in [0, 0.1) is 0 Å². The van der Waals surface area contributed by atoms with Gasteiger partial charge in [0.15, 0.2) is 17.5 Å². The minimum Gasteiger partial charge on any atom is -0.456 e. The number of fused-ring (bicyclic) bond motifs is 6. The molecular formula is C51H32N4O. The third kappa shape index (κ3) is 5.45. The van der Waals surface area contributed by atoms with Gasteiger partial charge in [-0.05, 0) is 82.9 Å². The molecule has 0 fully saturated rings. The Hall–Kier alpha value is -7.63. The van der Waals surface area contributed by atoms with Gasteiger partial charge in [-0.25, -0.2) is 15.0 Å². The largest absolute Gasteiger partial charge is 0.456 e. The molecule has 0 amide bonds. The van der Waals surface area contributed by atoms with Crippen molar-refractivity contribution in [2.24, 2.45) is 0 Å². The van der Waals surface area contributed by atoms with E-state index in [1.807, 2.05) is 60.7 Å². The Morgan fingerprint density at radius 1 is 0.304 bits per heavy atom. The molecule has 3 heterocycles. The molecule has 11 aromatic rings. The number of aromatic nitrogens is 4. The van der Waals surface area contributed by atoms with Crippen LogP contribution in [0.15, 0.2) is 199 Å². The fraction of sp³-hybridized carbons (Fsp3) is 0. The Bertz CT molecular complexity index is 3180. The van der Waals surface area contributed by atoms with Gasteiger partial charge in [0, 0.05) is 43.9 Å². The van der Waals surface area contributed by atoms with E-state index in [0.29, 0.717) is 17.5 Å². The predicted octanol–water partition coefficient (Wildman–Crippen LogP) is 13.2. The van der Waals surface area contributed by atoms with Crippen LogP contribution in [0.25, 0.3) is 106 Å². The molecule has 0 spiro atoms. The van der Waals surface area contributed by atoms with E-state index in [0.717, 1.165) is 71.7 Å².